The van der Waals surface area contributed by atoms with Gasteiger partial charge in [-0.2, -0.15) is 5.10 Å². The number of nitro groups is 1. The summed E-state index contributed by atoms with van der Waals surface area (Å²) in [6.07, 6.45) is 3.17. The molecule has 7 nitrogen and oxygen atoms in total. The summed E-state index contributed by atoms with van der Waals surface area (Å²) in [5, 5.41) is 20.5. The number of benzene rings is 2. The Morgan fingerprint density at radius 1 is 1.19 bits per heavy atom. The second-order valence-corrected chi connectivity index (χ2v) is 6.36. The van der Waals surface area contributed by atoms with Crippen LogP contribution in [0.25, 0.3) is 11.3 Å². The highest BCUT2D eigenvalue weighted by Gasteiger charge is 2.17. The number of nitrogens with one attached hydrogen (secondary N) is 2. The number of carbonyl (C=O) groups excluding carboxylic acids is 1. The van der Waals surface area contributed by atoms with Crippen molar-refractivity contribution in [1.82, 2.24) is 15.5 Å². The zero-order valence-corrected chi connectivity index (χ0v) is 14.9. The van der Waals surface area contributed by atoms with Gasteiger partial charge in [-0.05, 0) is 37.5 Å². The second-order valence-electron chi connectivity index (χ2n) is 6.36. The third-order valence-electron chi connectivity index (χ3n) is 4.34. The summed E-state index contributed by atoms with van der Waals surface area (Å²) in [5.74, 6) is -0.224. The van der Waals surface area contributed by atoms with Crippen LogP contribution < -0.4 is 5.32 Å². The van der Waals surface area contributed by atoms with E-state index in [1.807, 2.05) is 25.1 Å². The number of H-pyrrole nitrogens is 1. The van der Waals surface area contributed by atoms with Crippen LogP contribution in [-0.2, 0) is 6.42 Å². The number of amides is 1. The summed E-state index contributed by atoms with van der Waals surface area (Å²) in [6, 6.07) is 16.1. The lowest BCUT2D eigenvalue weighted by Gasteiger charge is -2.14. The van der Waals surface area contributed by atoms with Crippen molar-refractivity contribution >= 4 is 11.6 Å². The fourth-order valence-corrected chi connectivity index (χ4v) is 2.83. The molecule has 0 saturated heterocycles. The molecule has 138 valence electrons. The maximum Gasteiger partial charge on any atom is 0.269 e. The molecule has 0 saturated carbocycles. The summed E-state index contributed by atoms with van der Waals surface area (Å²) in [4.78, 5) is 22.9. The normalized spacial score (nSPS) is 11.7. The summed E-state index contributed by atoms with van der Waals surface area (Å²) >= 11 is 0. The largest absolute Gasteiger partial charge is 0.349 e. The molecular formula is C20H20N4O3. The molecule has 1 aromatic heterocycles. The van der Waals surface area contributed by atoms with Gasteiger partial charge in [0.15, 0.2) is 0 Å². The molecular weight excluding hydrogens is 344 g/mol. The Hall–Kier alpha value is -3.48. The smallest absolute Gasteiger partial charge is 0.269 e. The molecule has 0 aliphatic rings. The first kappa shape index (κ1) is 18.3. The Morgan fingerprint density at radius 2 is 1.89 bits per heavy atom. The van der Waals surface area contributed by atoms with E-state index in [0.29, 0.717) is 16.8 Å². The number of aromatic nitrogens is 2. The number of carbonyl (C=O) groups is 1. The maximum atomic E-state index is 12.6. The van der Waals surface area contributed by atoms with E-state index in [1.165, 1.54) is 23.9 Å². The first-order chi connectivity index (χ1) is 13.0. The van der Waals surface area contributed by atoms with E-state index in [1.54, 1.807) is 12.1 Å². The average Bonchev–Trinajstić information content (AvgIpc) is 3.17. The molecule has 2 aromatic carbocycles. The topological polar surface area (TPSA) is 101 Å². The Kier molecular flexibility index (Phi) is 5.61. The van der Waals surface area contributed by atoms with Crippen molar-refractivity contribution < 1.29 is 9.72 Å². The molecule has 1 amide bonds. The third-order valence-corrected chi connectivity index (χ3v) is 4.34. The lowest BCUT2D eigenvalue weighted by molar-refractivity contribution is -0.384. The van der Waals surface area contributed by atoms with Crippen LogP contribution in [0.15, 0.2) is 60.8 Å². The fraction of sp³-hybridized carbons (Fsp3) is 0.200. The summed E-state index contributed by atoms with van der Waals surface area (Å²) in [5.41, 5.74) is 2.85. The minimum atomic E-state index is -0.460. The SMILES string of the molecule is C[C@H](CCc1ccccc1)NC(=O)c1cn[nH]c1-c1ccc([N+](=O)[O-])cc1. The average molecular weight is 364 g/mol. The van der Waals surface area contributed by atoms with Crippen LogP contribution in [0.4, 0.5) is 5.69 Å². The quantitative estimate of drug-likeness (QED) is 0.492. The zero-order chi connectivity index (χ0) is 19.2. The van der Waals surface area contributed by atoms with E-state index in [2.05, 4.69) is 27.6 Å². The van der Waals surface area contributed by atoms with E-state index in [-0.39, 0.29) is 17.6 Å². The first-order valence-corrected chi connectivity index (χ1v) is 8.67. The van der Waals surface area contributed by atoms with E-state index >= 15 is 0 Å². The maximum absolute atomic E-state index is 12.6. The van der Waals surface area contributed by atoms with E-state index in [4.69, 9.17) is 0 Å². The highest BCUT2D eigenvalue weighted by molar-refractivity contribution is 5.99. The van der Waals surface area contributed by atoms with Crippen LogP contribution in [0.1, 0.15) is 29.3 Å². The minimum absolute atomic E-state index is 0.00111. The van der Waals surface area contributed by atoms with Crippen molar-refractivity contribution in [3.05, 3.63) is 82.0 Å². The molecule has 1 heterocycles. The molecule has 27 heavy (non-hydrogen) atoms. The molecule has 0 unspecified atom stereocenters. The van der Waals surface area contributed by atoms with Gasteiger partial charge in [-0.1, -0.05) is 30.3 Å². The Labute approximate surface area is 156 Å². The summed E-state index contributed by atoms with van der Waals surface area (Å²) in [6.45, 7) is 1.96. The lowest BCUT2D eigenvalue weighted by Crippen LogP contribution is -2.33. The zero-order valence-electron chi connectivity index (χ0n) is 14.9. The van der Waals surface area contributed by atoms with Gasteiger partial charge in [-0.15, -0.1) is 0 Å². The molecule has 3 rings (SSSR count). The molecule has 0 radical (unpaired) electrons. The molecule has 7 heteroatoms. The molecule has 0 aliphatic heterocycles. The number of hydrogen-bond donors (Lipinski definition) is 2. The van der Waals surface area contributed by atoms with E-state index < -0.39 is 4.92 Å². The lowest BCUT2D eigenvalue weighted by atomic mass is 10.0. The van der Waals surface area contributed by atoms with E-state index in [0.717, 1.165) is 12.8 Å². The first-order valence-electron chi connectivity index (χ1n) is 8.67. The Balaban J connectivity index is 1.65. The van der Waals surface area contributed by atoms with Crippen LogP contribution in [0, 0.1) is 10.1 Å². The van der Waals surface area contributed by atoms with Crippen molar-refractivity contribution in [2.75, 3.05) is 0 Å². The van der Waals surface area contributed by atoms with Crippen molar-refractivity contribution in [3.8, 4) is 11.3 Å². The van der Waals surface area contributed by atoms with Gasteiger partial charge >= 0.3 is 0 Å². The number of nitrogens with zero attached hydrogens (tertiary/aromatic N) is 2. The standard InChI is InChI=1S/C20H20N4O3/c1-14(7-8-15-5-3-2-4-6-15)22-20(25)18-13-21-23-19(18)16-9-11-17(12-10-16)24(26)27/h2-6,9-14H,7-8H2,1H3,(H,21,23)(H,22,25)/t14-/m1/s1. The predicted molar refractivity (Wildman–Crippen MR) is 102 cm³/mol. The number of nitro benzene ring substituents is 1. The number of rotatable bonds is 7. The van der Waals surface area contributed by atoms with Crippen LogP contribution in [-0.4, -0.2) is 27.1 Å². The van der Waals surface area contributed by atoms with Crippen molar-refractivity contribution in [1.29, 1.82) is 0 Å². The number of aryl methyl sites for hydroxylation is 1. The molecule has 0 fully saturated rings. The molecule has 3 aromatic rings. The van der Waals surface area contributed by atoms with Crippen molar-refractivity contribution in [2.24, 2.45) is 0 Å². The molecule has 1 atom stereocenters. The molecule has 2 N–H and O–H groups in total. The fourth-order valence-electron chi connectivity index (χ4n) is 2.83. The summed E-state index contributed by atoms with van der Waals surface area (Å²) < 4.78 is 0. The van der Waals surface area contributed by atoms with Gasteiger partial charge in [-0.3, -0.25) is 20.0 Å². The number of aromatic amines is 1. The second kappa shape index (κ2) is 8.27. The van der Waals surface area contributed by atoms with E-state index in [9.17, 15) is 14.9 Å². The van der Waals surface area contributed by atoms with Gasteiger partial charge in [0.1, 0.15) is 0 Å². The van der Waals surface area contributed by atoms with Gasteiger partial charge in [-0.25, -0.2) is 0 Å². The molecule has 0 spiro atoms. The minimum Gasteiger partial charge on any atom is -0.349 e. The highest BCUT2D eigenvalue weighted by Crippen LogP contribution is 2.23. The Bertz CT molecular complexity index is 920. The number of hydrogen-bond acceptors (Lipinski definition) is 4. The van der Waals surface area contributed by atoms with Gasteiger partial charge in [0.05, 0.1) is 22.4 Å². The molecule has 0 aliphatic carbocycles. The number of non-ortho nitro benzene ring substituents is 1. The monoisotopic (exact) mass is 364 g/mol. The van der Waals surface area contributed by atoms with Gasteiger partial charge in [0.2, 0.25) is 0 Å². The highest BCUT2D eigenvalue weighted by atomic mass is 16.6. The molecule has 0 bridgehead atoms. The third kappa shape index (κ3) is 4.58. The van der Waals surface area contributed by atoms with Gasteiger partial charge in [0.25, 0.3) is 11.6 Å². The predicted octanol–water partition coefficient (Wildman–Crippen LogP) is 3.74. The van der Waals surface area contributed by atoms with Gasteiger partial charge in [0, 0.05) is 23.7 Å². The van der Waals surface area contributed by atoms with Crippen LogP contribution in [0.3, 0.4) is 0 Å². The van der Waals surface area contributed by atoms with Crippen molar-refractivity contribution in [2.45, 2.75) is 25.8 Å². The Morgan fingerprint density at radius 3 is 2.56 bits per heavy atom. The van der Waals surface area contributed by atoms with Crippen LogP contribution in [0.5, 0.6) is 0 Å². The van der Waals surface area contributed by atoms with Gasteiger partial charge < -0.3 is 5.32 Å². The van der Waals surface area contributed by atoms with Crippen LogP contribution >= 0.6 is 0 Å². The van der Waals surface area contributed by atoms with Crippen molar-refractivity contribution in [3.63, 3.8) is 0 Å². The summed E-state index contributed by atoms with van der Waals surface area (Å²) in [7, 11) is 0. The van der Waals surface area contributed by atoms with Crippen LogP contribution in [0.2, 0.25) is 0 Å².